The molecule has 2 aromatic rings. The van der Waals surface area contributed by atoms with Gasteiger partial charge in [-0.25, -0.2) is 0 Å². The first-order valence-corrected chi connectivity index (χ1v) is 5.94. The minimum Gasteiger partial charge on any atom is -0.343 e. The second-order valence-electron chi connectivity index (χ2n) is 3.75. The molecule has 0 aliphatic carbocycles. The molecule has 2 aromatic heterocycles. The topological polar surface area (TPSA) is 88.5 Å². The Morgan fingerprint density at radius 3 is 3.11 bits per heavy atom. The van der Waals surface area contributed by atoms with Crippen LogP contribution >= 0.6 is 11.6 Å². The number of hydrogen-bond donors (Lipinski definition) is 2. The van der Waals surface area contributed by atoms with Crippen molar-refractivity contribution in [2.45, 2.75) is 26.4 Å². The molecule has 0 saturated carbocycles. The van der Waals surface area contributed by atoms with E-state index in [1.807, 2.05) is 11.5 Å². The van der Waals surface area contributed by atoms with Gasteiger partial charge in [0.2, 0.25) is 0 Å². The molecule has 0 atom stereocenters. The lowest BCUT2D eigenvalue weighted by molar-refractivity contribution is 0.0940. The van der Waals surface area contributed by atoms with E-state index in [1.54, 1.807) is 12.3 Å². The molecule has 96 valence electrons. The Balaban J connectivity index is 2.03. The average Bonchev–Trinajstić information content (AvgIpc) is 2.96. The van der Waals surface area contributed by atoms with Crippen LogP contribution in [0.3, 0.4) is 0 Å². The number of halogens is 1. The highest BCUT2D eigenvalue weighted by atomic mass is 35.5. The van der Waals surface area contributed by atoms with Crippen molar-refractivity contribution in [1.82, 2.24) is 30.5 Å². The van der Waals surface area contributed by atoms with Crippen LogP contribution in [0.25, 0.3) is 0 Å². The van der Waals surface area contributed by atoms with E-state index in [-0.39, 0.29) is 12.5 Å². The molecule has 0 aliphatic rings. The summed E-state index contributed by atoms with van der Waals surface area (Å²) in [5.74, 6) is 0.225. The second-order valence-corrected chi connectivity index (χ2v) is 4.18. The van der Waals surface area contributed by atoms with Gasteiger partial charge in [0.1, 0.15) is 5.69 Å². The van der Waals surface area contributed by atoms with Crippen LogP contribution in [0.4, 0.5) is 0 Å². The highest BCUT2D eigenvalue weighted by Crippen LogP contribution is 2.14. The lowest BCUT2D eigenvalue weighted by atomic mass is 10.3. The third-order valence-electron chi connectivity index (χ3n) is 2.36. The van der Waals surface area contributed by atoms with Gasteiger partial charge in [-0.1, -0.05) is 23.7 Å². The van der Waals surface area contributed by atoms with Crippen molar-refractivity contribution >= 4 is 17.5 Å². The van der Waals surface area contributed by atoms with Gasteiger partial charge in [0.25, 0.3) is 5.91 Å². The van der Waals surface area contributed by atoms with Crippen molar-refractivity contribution in [2.24, 2.45) is 0 Å². The average molecular weight is 269 g/mol. The third kappa shape index (κ3) is 2.86. The molecular formula is C10H13ClN6O. The molecule has 0 saturated heterocycles. The molecule has 0 aliphatic heterocycles. The molecule has 8 heteroatoms. The number of nitrogens with zero attached hydrogens (tertiary/aromatic N) is 4. The number of carbonyl (C=O) groups excluding carboxylic acids is 1. The Morgan fingerprint density at radius 1 is 1.61 bits per heavy atom. The summed E-state index contributed by atoms with van der Waals surface area (Å²) in [6, 6.07) is 1.64. The fourth-order valence-corrected chi connectivity index (χ4v) is 1.82. The Hall–Kier alpha value is -1.89. The van der Waals surface area contributed by atoms with Gasteiger partial charge < -0.3 is 9.88 Å². The number of aromatic amines is 1. The number of carbonyl (C=O) groups is 1. The van der Waals surface area contributed by atoms with Gasteiger partial charge in [-0.05, 0) is 12.5 Å². The molecule has 0 radical (unpaired) electrons. The summed E-state index contributed by atoms with van der Waals surface area (Å²) in [6.07, 6.45) is 2.67. The SMILES string of the molecule is CCCn1cc(Cl)cc1C(=O)NCc1nn[nH]n1. The van der Waals surface area contributed by atoms with Crippen molar-refractivity contribution in [3.63, 3.8) is 0 Å². The maximum atomic E-state index is 12.0. The number of H-pyrrole nitrogens is 1. The van der Waals surface area contributed by atoms with Gasteiger partial charge >= 0.3 is 0 Å². The Kier molecular flexibility index (Phi) is 3.93. The first kappa shape index (κ1) is 12.6. The summed E-state index contributed by atoms with van der Waals surface area (Å²) in [5, 5.41) is 16.5. The zero-order chi connectivity index (χ0) is 13.0. The number of rotatable bonds is 5. The van der Waals surface area contributed by atoms with Crippen LogP contribution in [-0.2, 0) is 13.1 Å². The Labute approximate surface area is 109 Å². The largest absolute Gasteiger partial charge is 0.343 e. The van der Waals surface area contributed by atoms with E-state index in [9.17, 15) is 4.79 Å². The lowest BCUT2D eigenvalue weighted by Crippen LogP contribution is -2.25. The molecule has 0 aromatic carbocycles. The van der Waals surface area contributed by atoms with Crippen molar-refractivity contribution in [2.75, 3.05) is 0 Å². The van der Waals surface area contributed by atoms with Crippen LogP contribution in [0.5, 0.6) is 0 Å². The van der Waals surface area contributed by atoms with Crippen LogP contribution < -0.4 is 5.32 Å². The van der Waals surface area contributed by atoms with Crippen LogP contribution in [0, 0.1) is 0 Å². The normalized spacial score (nSPS) is 10.6. The van der Waals surface area contributed by atoms with Crippen LogP contribution in [0.1, 0.15) is 29.7 Å². The van der Waals surface area contributed by atoms with Crippen molar-refractivity contribution < 1.29 is 4.79 Å². The van der Waals surface area contributed by atoms with Crippen molar-refractivity contribution in [1.29, 1.82) is 0 Å². The predicted octanol–water partition coefficient (Wildman–Crippen LogP) is 0.995. The summed E-state index contributed by atoms with van der Waals surface area (Å²) in [4.78, 5) is 12.0. The first-order chi connectivity index (χ1) is 8.70. The maximum absolute atomic E-state index is 12.0. The van der Waals surface area contributed by atoms with E-state index in [2.05, 4.69) is 25.9 Å². The van der Waals surface area contributed by atoms with Gasteiger partial charge in [-0.15, -0.1) is 10.2 Å². The van der Waals surface area contributed by atoms with E-state index in [1.165, 1.54) is 0 Å². The zero-order valence-electron chi connectivity index (χ0n) is 9.85. The minimum absolute atomic E-state index is 0.208. The van der Waals surface area contributed by atoms with Crippen molar-refractivity contribution in [3.8, 4) is 0 Å². The van der Waals surface area contributed by atoms with Crippen LogP contribution in [-0.4, -0.2) is 31.1 Å². The van der Waals surface area contributed by atoms with E-state index < -0.39 is 0 Å². The van der Waals surface area contributed by atoms with E-state index in [4.69, 9.17) is 11.6 Å². The molecule has 1 amide bonds. The van der Waals surface area contributed by atoms with Gasteiger partial charge in [-0.3, -0.25) is 4.79 Å². The Bertz CT molecular complexity index is 520. The van der Waals surface area contributed by atoms with Gasteiger partial charge in [0, 0.05) is 12.7 Å². The fourth-order valence-electron chi connectivity index (χ4n) is 1.60. The summed E-state index contributed by atoms with van der Waals surface area (Å²) in [5.41, 5.74) is 0.533. The number of nitrogens with one attached hydrogen (secondary N) is 2. The van der Waals surface area contributed by atoms with Crippen molar-refractivity contribution in [3.05, 3.63) is 28.8 Å². The van der Waals surface area contributed by atoms with E-state index in [0.717, 1.165) is 13.0 Å². The molecule has 0 spiro atoms. The lowest BCUT2D eigenvalue weighted by Gasteiger charge is -2.07. The molecule has 2 heterocycles. The summed E-state index contributed by atoms with van der Waals surface area (Å²) < 4.78 is 1.83. The third-order valence-corrected chi connectivity index (χ3v) is 2.56. The monoisotopic (exact) mass is 268 g/mol. The van der Waals surface area contributed by atoms with Gasteiger partial charge in [0.15, 0.2) is 5.82 Å². The fraction of sp³-hybridized carbons (Fsp3) is 0.400. The standard InChI is InChI=1S/C10H13ClN6O/c1-2-3-17-6-7(11)4-8(17)10(18)12-5-9-13-15-16-14-9/h4,6H,2-3,5H2,1H3,(H,12,18)(H,13,14,15,16). The highest BCUT2D eigenvalue weighted by molar-refractivity contribution is 6.31. The number of hydrogen-bond acceptors (Lipinski definition) is 4. The van der Waals surface area contributed by atoms with E-state index >= 15 is 0 Å². The molecule has 0 fully saturated rings. The Morgan fingerprint density at radius 2 is 2.44 bits per heavy atom. The number of tetrazole rings is 1. The molecule has 0 unspecified atom stereocenters. The molecule has 2 rings (SSSR count). The number of amides is 1. The predicted molar refractivity (Wildman–Crippen MR) is 65.1 cm³/mol. The van der Waals surface area contributed by atoms with Crippen LogP contribution in [0.15, 0.2) is 12.3 Å². The summed E-state index contributed by atoms with van der Waals surface area (Å²) in [6.45, 7) is 3.01. The molecular weight excluding hydrogens is 256 g/mol. The van der Waals surface area contributed by atoms with Gasteiger partial charge in [0.05, 0.1) is 11.6 Å². The first-order valence-electron chi connectivity index (χ1n) is 5.57. The molecule has 0 bridgehead atoms. The highest BCUT2D eigenvalue weighted by Gasteiger charge is 2.13. The number of aromatic nitrogens is 5. The smallest absolute Gasteiger partial charge is 0.268 e. The summed E-state index contributed by atoms with van der Waals surface area (Å²) >= 11 is 5.90. The molecule has 2 N–H and O–H groups in total. The zero-order valence-corrected chi connectivity index (χ0v) is 10.6. The maximum Gasteiger partial charge on any atom is 0.268 e. The molecule has 18 heavy (non-hydrogen) atoms. The number of aryl methyl sites for hydroxylation is 1. The second kappa shape index (κ2) is 5.63. The summed E-state index contributed by atoms with van der Waals surface area (Å²) in [7, 11) is 0. The molecule has 7 nitrogen and oxygen atoms in total. The van der Waals surface area contributed by atoms with Crippen LogP contribution in [0.2, 0.25) is 5.02 Å². The van der Waals surface area contributed by atoms with E-state index in [0.29, 0.717) is 16.5 Å². The van der Waals surface area contributed by atoms with Gasteiger partial charge in [-0.2, -0.15) is 5.21 Å². The quantitative estimate of drug-likeness (QED) is 0.846. The minimum atomic E-state index is -0.208.